The predicted molar refractivity (Wildman–Crippen MR) is 88.7 cm³/mol. The molecule has 5 heteroatoms. The van der Waals surface area contributed by atoms with Crippen molar-refractivity contribution in [2.75, 3.05) is 13.2 Å². The summed E-state index contributed by atoms with van der Waals surface area (Å²) in [5.74, 6) is -0.0647. The Hall–Kier alpha value is -1.33. The molecule has 0 aliphatic carbocycles. The van der Waals surface area contributed by atoms with Crippen LogP contribution in [0.3, 0.4) is 0 Å². The van der Waals surface area contributed by atoms with Crippen molar-refractivity contribution in [2.45, 2.75) is 26.4 Å². The Morgan fingerprint density at radius 1 is 1.38 bits per heavy atom. The standard InChI is InChI=1S/C16H21BrN2O2/c1-11(2)21-10-6-9-18-16(20)15-14(17)12-7-4-5-8-13(12)19(15)3/h4-5,7-8,11H,6,9-10H2,1-3H3,(H,18,20). The smallest absolute Gasteiger partial charge is 0.269 e. The van der Waals surface area contributed by atoms with Crippen LogP contribution in [0.15, 0.2) is 28.7 Å². The fourth-order valence-corrected chi connectivity index (χ4v) is 3.06. The van der Waals surface area contributed by atoms with E-state index in [-0.39, 0.29) is 12.0 Å². The average molecular weight is 353 g/mol. The minimum Gasteiger partial charge on any atom is -0.379 e. The lowest BCUT2D eigenvalue weighted by molar-refractivity contribution is 0.0756. The summed E-state index contributed by atoms with van der Waals surface area (Å²) in [6, 6.07) is 7.96. The van der Waals surface area contributed by atoms with Gasteiger partial charge in [0.15, 0.2) is 0 Å². The second-order valence-electron chi connectivity index (χ2n) is 5.27. The number of nitrogens with zero attached hydrogens (tertiary/aromatic N) is 1. The van der Waals surface area contributed by atoms with Gasteiger partial charge in [0.25, 0.3) is 5.91 Å². The Bertz CT molecular complexity index is 595. The van der Waals surface area contributed by atoms with Crippen LogP contribution < -0.4 is 5.32 Å². The number of aryl methyl sites for hydroxylation is 1. The molecule has 0 aliphatic rings. The summed E-state index contributed by atoms with van der Waals surface area (Å²) in [5, 5.41) is 3.99. The van der Waals surface area contributed by atoms with Crippen molar-refractivity contribution in [3.05, 3.63) is 34.4 Å². The maximum atomic E-state index is 12.4. The van der Waals surface area contributed by atoms with Gasteiger partial charge < -0.3 is 14.6 Å². The van der Waals surface area contributed by atoms with E-state index in [0.29, 0.717) is 18.8 Å². The molecule has 1 aromatic heterocycles. The number of hydrogen-bond donors (Lipinski definition) is 1. The monoisotopic (exact) mass is 352 g/mol. The summed E-state index contributed by atoms with van der Waals surface area (Å²) in [6.45, 7) is 5.28. The van der Waals surface area contributed by atoms with Gasteiger partial charge in [0.1, 0.15) is 5.69 Å². The van der Waals surface area contributed by atoms with Gasteiger partial charge in [0.05, 0.1) is 10.6 Å². The van der Waals surface area contributed by atoms with Gasteiger partial charge in [0.2, 0.25) is 0 Å². The summed E-state index contributed by atoms with van der Waals surface area (Å²) in [4.78, 5) is 12.4. The Morgan fingerprint density at radius 3 is 2.76 bits per heavy atom. The normalized spacial score (nSPS) is 11.3. The predicted octanol–water partition coefficient (Wildman–Crippen LogP) is 3.49. The fourth-order valence-electron chi connectivity index (χ4n) is 2.28. The number of halogens is 1. The minimum atomic E-state index is -0.0647. The summed E-state index contributed by atoms with van der Waals surface area (Å²) in [5.41, 5.74) is 1.69. The number of benzene rings is 1. The molecule has 2 rings (SSSR count). The van der Waals surface area contributed by atoms with E-state index in [0.717, 1.165) is 21.8 Å². The molecule has 21 heavy (non-hydrogen) atoms. The second-order valence-corrected chi connectivity index (χ2v) is 6.06. The lowest BCUT2D eigenvalue weighted by Crippen LogP contribution is -2.27. The van der Waals surface area contributed by atoms with E-state index in [1.165, 1.54) is 0 Å². The Balaban J connectivity index is 2.03. The molecule has 1 amide bonds. The molecular weight excluding hydrogens is 332 g/mol. The molecule has 0 saturated carbocycles. The highest BCUT2D eigenvalue weighted by molar-refractivity contribution is 9.10. The molecule has 0 aliphatic heterocycles. The van der Waals surface area contributed by atoms with Gasteiger partial charge in [-0.3, -0.25) is 4.79 Å². The van der Waals surface area contributed by atoms with Crippen molar-refractivity contribution >= 4 is 32.7 Å². The molecule has 1 N–H and O–H groups in total. The van der Waals surface area contributed by atoms with Gasteiger partial charge in [-0.1, -0.05) is 18.2 Å². The highest BCUT2D eigenvalue weighted by atomic mass is 79.9. The number of para-hydroxylation sites is 1. The highest BCUT2D eigenvalue weighted by Gasteiger charge is 2.18. The summed E-state index contributed by atoms with van der Waals surface area (Å²) < 4.78 is 8.22. The molecule has 1 aromatic carbocycles. The van der Waals surface area contributed by atoms with Crippen molar-refractivity contribution in [3.8, 4) is 0 Å². The van der Waals surface area contributed by atoms with E-state index < -0.39 is 0 Å². The van der Waals surface area contributed by atoms with Crippen LogP contribution in [0.25, 0.3) is 10.9 Å². The summed E-state index contributed by atoms with van der Waals surface area (Å²) >= 11 is 3.54. The summed E-state index contributed by atoms with van der Waals surface area (Å²) in [7, 11) is 1.91. The van der Waals surface area contributed by atoms with Gasteiger partial charge in [-0.15, -0.1) is 0 Å². The quantitative estimate of drug-likeness (QED) is 0.808. The van der Waals surface area contributed by atoms with Crippen LogP contribution >= 0.6 is 15.9 Å². The van der Waals surface area contributed by atoms with Gasteiger partial charge >= 0.3 is 0 Å². The highest BCUT2D eigenvalue weighted by Crippen LogP contribution is 2.29. The number of aromatic nitrogens is 1. The van der Waals surface area contributed by atoms with Crippen LogP contribution in [0.5, 0.6) is 0 Å². The first-order valence-electron chi connectivity index (χ1n) is 7.15. The molecule has 4 nitrogen and oxygen atoms in total. The molecule has 0 fully saturated rings. The number of amides is 1. The molecule has 0 saturated heterocycles. The van der Waals surface area contributed by atoms with Crippen LogP contribution in [-0.4, -0.2) is 29.7 Å². The lowest BCUT2D eigenvalue weighted by Gasteiger charge is -2.09. The van der Waals surface area contributed by atoms with Crippen molar-refractivity contribution in [1.82, 2.24) is 9.88 Å². The first kappa shape index (κ1) is 16.0. The van der Waals surface area contributed by atoms with Gasteiger partial charge in [-0.05, 0) is 42.3 Å². The zero-order valence-electron chi connectivity index (χ0n) is 12.6. The van der Waals surface area contributed by atoms with Crippen molar-refractivity contribution in [3.63, 3.8) is 0 Å². The van der Waals surface area contributed by atoms with E-state index in [9.17, 15) is 4.79 Å². The van der Waals surface area contributed by atoms with Gasteiger partial charge in [0, 0.05) is 31.1 Å². The average Bonchev–Trinajstić information content (AvgIpc) is 2.71. The van der Waals surface area contributed by atoms with Gasteiger partial charge in [-0.2, -0.15) is 0 Å². The second kappa shape index (κ2) is 7.09. The van der Waals surface area contributed by atoms with Crippen molar-refractivity contribution in [1.29, 1.82) is 0 Å². The summed E-state index contributed by atoms with van der Waals surface area (Å²) in [6.07, 6.45) is 1.04. The number of nitrogens with one attached hydrogen (secondary N) is 1. The fraction of sp³-hybridized carbons (Fsp3) is 0.438. The molecular formula is C16H21BrN2O2. The number of fused-ring (bicyclic) bond motifs is 1. The third-order valence-corrected chi connectivity index (χ3v) is 4.12. The molecule has 114 valence electrons. The van der Waals surface area contributed by atoms with E-state index in [4.69, 9.17) is 4.74 Å². The number of carbonyl (C=O) groups is 1. The first-order chi connectivity index (χ1) is 10.0. The number of ether oxygens (including phenoxy) is 1. The molecule has 0 radical (unpaired) electrons. The largest absolute Gasteiger partial charge is 0.379 e. The minimum absolute atomic E-state index is 0.0647. The molecule has 2 aromatic rings. The SMILES string of the molecule is CC(C)OCCCNC(=O)c1c(Br)c2ccccc2n1C. The van der Waals surface area contributed by atoms with Crippen LogP contribution in [0, 0.1) is 0 Å². The van der Waals surface area contributed by atoms with E-state index in [1.54, 1.807) is 0 Å². The molecule has 1 heterocycles. The lowest BCUT2D eigenvalue weighted by atomic mass is 10.2. The maximum absolute atomic E-state index is 12.4. The van der Waals surface area contributed by atoms with Crippen LogP contribution in [0.4, 0.5) is 0 Å². The van der Waals surface area contributed by atoms with E-state index in [1.807, 2.05) is 49.7 Å². The van der Waals surface area contributed by atoms with Gasteiger partial charge in [-0.25, -0.2) is 0 Å². The third-order valence-electron chi connectivity index (χ3n) is 3.32. The third kappa shape index (κ3) is 3.66. The maximum Gasteiger partial charge on any atom is 0.269 e. The van der Waals surface area contributed by atoms with E-state index >= 15 is 0 Å². The number of hydrogen-bond acceptors (Lipinski definition) is 2. The van der Waals surface area contributed by atoms with Crippen LogP contribution in [-0.2, 0) is 11.8 Å². The van der Waals surface area contributed by atoms with E-state index in [2.05, 4.69) is 21.2 Å². The number of carbonyl (C=O) groups excluding carboxylic acids is 1. The molecule has 0 bridgehead atoms. The molecule has 0 atom stereocenters. The first-order valence-corrected chi connectivity index (χ1v) is 7.94. The Kier molecular flexibility index (Phi) is 5.42. The zero-order chi connectivity index (χ0) is 15.4. The molecule has 0 unspecified atom stereocenters. The Morgan fingerprint density at radius 2 is 2.10 bits per heavy atom. The van der Waals surface area contributed by atoms with Crippen LogP contribution in [0.2, 0.25) is 0 Å². The van der Waals surface area contributed by atoms with Crippen LogP contribution in [0.1, 0.15) is 30.8 Å². The number of rotatable bonds is 6. The van der Waals surface area contributed by atoms with Crippen molar-refractivity contribution < 1.29 is 9.53 Å². The molecule has 0 spiro atoms. The van der Waals surface area contributed by atoms with Crippen molar-refractivity contribution in [2.24, 2.45) is 7.05 Å². The zero-order valence-corrected chi connectivity index (χ0v) is 14.2. The topological polar surface area (TPSA) is 43.3 Å². The Labute approximate surface area is 133 Å².